The highest BCUT2D eigenvalue weighted by Crippen LogP contribution is 2.23. The molecule has 6 heteroatoms. The monoisotopic (exact) mass is 374 g/mol. The highest BCUT2D eigenvalue weighted by molar-refractivity contribution is 7.92. The maximum Gasteiger partial charge on any atom is 0.232 e. The SMILES string of the molecule is CCc1cccc(CC)c1NC(=O)CCN(c1ccccc1)S(C)(=O)=O. The van der Waals surface area contributed by atoms with Crippen molar-refractivity contribution in [1.82, 2.24) is 0 Å². The number of hydrogen-bond donors (Lipinski definition) is 1. The van der Waals surface area contributed by atoms with Gasteiger partial charge >= 0.3 is 0 Å². The molecule has 0 fully saturated rings. The van der Waals surface area contributed by atoms with Crippen molar-refractivity contribution in [3.05, 3.63) is 59.7 Å². The van der Waals surface area contributed by atoms with E-state index in [0.29, 0.717) is 5.69 Å². The smallest absolute Gasteiger partial charge is 0.232 e. The number of carbonyl (C=O) groups is 1. The molecule has 2 rings (SSSR count). The summed E-state index contributed by atoms with van der Waals surface area (Å²) in [7, 11) is -3.46. The Kier molecular flexibility index (Phi) is 6.80. The van der Waals surface area contributed by atoms with Gasteiger partial charge in [-0.2, -0.15) is 0 Å². The summed E-state index contributed by atoms with van der Waals surface area (Å²) < 4.78 is 25.5. The highest BCUT2D eigenvalue weighted by atomic mass is 32.2. The van der Waals surface area contributed by atoms with Crippen LogP contribution in [0.4, 0.5) is 11.4 Å². The molecule has 0 aliphatic heterocycles. The van der Waals surface area contributed by atoms with Gasteiger partial charge in [-0.05, 0) is 36.1 Å². The van der Waals surface area contributed by atoms with Gasteiger partial charge in [0.05, 0.1) is 11.9 Å². The molecule has 0 aromatic heterocycles. The van der Waals surface area contributed by atoms with E-state index in [-0.39, 0.29) is 18.9 Å². The first-order valence-corrected chi connectivity index (χ1v) is 10.6. The van der Waals surface area contributed by atoms with Crippen LogP contribution in [0, 0.1) is 0 Å². The molecule has 0 unspecified atom stereocenters. The standard InChI is InChI=1S/C20H26N2O3S/c1-4-16-10-9-11-17(5-2)20(16)21-19(23)14-15-22(26(3,24)25)18-12-7-6-8-13-18/h6-13H,4-5,14-15H2,1-3H3,(H,21,23). The zero-order valence-electron chi connectivity index (χ0n) is 15.5. The predicted molar refractivity (Wildman–Crippen MR) is 107 cm³/mol. The first-order valence-electron chi connectivity index (χ1n) is 8.80. The lowest BCUT2D eigenvalue weighted by atomic mass is 10.0. The van der Waals surface area contributed by atoms with E-state index in [2.05, 4.69) is 5.32 Å². The van der Waals surface area contributed by atoms with Crippen LogP contribution in [0.2, 0.25) is 0 Å². The van der Waals surface area contributed by atoms with E-state index in [1.807, 2.05) is 38.1 Å². The second-order valence-corrected chi connectivity index (χ2v) is 8.03. The molecule has 0 spiro atoms. The fourth-order valence-electron chi connectivity index (χ4n) is 2.89. The number of nitrogens with one attached hydrogen (secondary N) is 1. The fraction of sp³-hybridized carbons (Fsp3) is 0.350. The van der Waals surface area contributed by atoms with Crippen molar-refractivity contribution in [2.45, 2.75) is 33.1 Å². The summed E-state index contributed by atoms with van der Waals surface area (Å²) in [5.41, 5.74) is 3.58. The number of rotatable bonds is 8. The molecule has 0 aliphatic rings. The highest BCUT2D eigenvalue weighted by Gasteiger charge is 2.19. The third-order valence-electron chi connectivity index (χ3n) is 4.25. The summed E-state index contributed by atoms with van der Waals surface area (Å²) in [6, 6.07) is 14.8. The molecule has 0 heterocycles. The molecular weight excluding hydrogens is 348 g/mol. The lowest BCUT2D eigenvalue weighted by molar-refractivity contribution is -0.116. The fourth-order valence-corrected chi connectivity index (χ4v) is 3.82. The number of anilines is 2. The van der Waals surface area contributed by atoms with Gasteiger partial charge in [-0.15, -0.1) is 0 Å². The first kappa shape index (κ1) is 20.0. The number of carbonyl (C=O) groups excluding carboxylic acids is 1. The molecule has 0 saturated heterocycles. The van der Waals surface area contributed by atoms with Crippen LogP contribution in [0.3, 0.4) is 0 Å². The number of amides is 1. The molecule has 0 radical (unpaired) electrons. The van der Waals surface area contributed by atoms with Crippen molar-refractivity contribution in [3.8, 4) is 0 Å². The number of para-hydroxylation sites is 2. The minimum atomic E-state index is -3.46. The Bertz CT molecular complexity index is 826. The van der Waals surface area contributed by atoms with Crippen LogP contribution in [0.25, 0.3) is 0 Å². The second-order valence-electron chi connectivity index (χ2n) is 6.13. The zero-order valence-corrected chi connectivity index (χ0v) is 16.3. The number of hydrogen-bond acceptors (Lipinski definition) is 3. The van der Waals surface area contributed by atoms with Crippen molar-refractivity contribution in [2.24, 2.45) is 0 Å². The normalized spacial score (nSPS) is 11.2. The van der Waals surface area contributed by atoms with Gasteiger partial charge in [-0.25, -0.2) is 8.42 Å². The van der Waals surface area contributed by atoms with Crippen LogP contribution < -0.4 is 9.62 Å². The summed E-state index contributed by atoms with van der Waals surface area (Å²) in [5.74, 6) is -0.190. The average Bonchev–Trinajstić information content (AvgIpc) is 2.61. The van der Waals surface area contributed by atoms with Crippen LogP contribution in [-0.4, -0.2) is 27.1 Å². The van der Waals surface area contributed by atoms with E-state index in [0.717, 1.165) is 35.9 Å². The molecule has 2 aromatic rings. The molecule has 1 N–H and O–H groups in total. The minimum absolute atomic E-state index is 0.0865. The van der Waals surface area contributed by atoms with E-state index in [1.165, 1.54) is 4.31 Å². The topological polar surface area (TPSA) is 66.5 Å². The van der Waals surface area contributed by atoms with Crippen LogP contribution in [-0.2, 0) is 27.7 Å². The van der Waals surface area contributed by atoms with E-state index >= 15 is 0 Å². The van der Waals surface area contributed by atoms with E-state index in [4.69, 9.17) is 0 Å². The molecular formula is C20H26N2O3S. The van der Waals surface area contributed by atoms with Gasteiger partial charge in [0.25, 0.3) is 0 Å². The average molecular weight is 375 g/mol. The van der Waals surface area contributed by atoms with E-state index in [1.54, 1.807) is 24.3 Å². The summed E-state index contributed by atoms with van der Waals surface area (Å²) in [5, 5.41) is 2.98. The Morgan fingerprint density at radius 2 is 1.54 bits per heavy atom. The second kappa shape index (κ2) is 8.85. The number of nitrogens with zero attached hydrogens (tertiary/aromatic N) is 1. The van der Waals surface area contributed by atoms with Crippen molar-refractivity contribution in [2.75, 3.05) is 22.4 Å². The van der Waals surface area contributed by atoms with Crippen molar-refractivity contribution in [3.63, 3.8) is 0 Å². The Morgan fingerprint density at radius 1 is 0.962 bits per heavy atom. The maximum atomic E-state index is 12.5. The molecule has 0 bridgehead atoms. The van der Waals surface area contributed by atoms with Gasteiger partial charge in [0, 0.05) is 18.7 Å². The molecule has 0 atom stereocenters. The minimum Gasteiger partial charge on any atom is -0.326 e. The van der Waals surface area contributed by atoms with Crippen molar-refractivity contribution < 1.29 is 13.2 Å². The first-order chi connectivity index (χ1) is 12.4. The molecule has 0 aliphatic carbocycles. The summed E-state index contributed by atoms with van der Waals surface area (Å²) >= 11 is 0. The third-order valence-corrected chi connectivity index (χ3v) is 5.44. The molecule has 0 saturated carbocycles. The number of aryl methyl sites for hydroxylation is 2. The maximum absolute atomic E-state index is 12.5. The largest absolute Gasteiger partial charge is 0.326 e. The Balaban J connectivity index is 2.13. The van der Waals surface area contributed by atoms with E-state index < -0.39 is 10.0 Å². The predicted octanol–water partition coefficient (Wildman–Crippen LogP) is 3.61. The Labute approximate surface area is 156 Å². The Morgan fingerprint density at radius 3 is 2.04 bits per heavy atom. The number of sulfonamides is 1. The number of benzene rings is 2. The third kappa shape index (κ3) is 5.08. The zero-order chi connectivity index (χ0) is 19.2. The van der Waals surface area contributed by atoms with Crippen LogP contribution >= 0.6 is 0 Å². The molecule has 5 nitrogen and oxygen atoms in total. The lowest BCUT2D eigenvalue weighted by Gasteiger charge is -2.22. The molecule has 26 heavy (non-hydrogen) atoms. The lowest BCUT2D eigenvalue weighted by Crippen LogP contribution is -2.33. The van der Waals surface area contributed by atoms with Crippen molar-refractivity contribution in [1.29, 1.82) is 0 Å². The summed E-state index contributed by atoms with van der Waals surface area (Å²) in [4.78, 5) is 12.5. The molecule has 2 aromatic carbocycles. The van der Waals surface area contributed by atoms with Crippen LogP contribution in [0.1, 0.15) is 31.4 Å². The molecule has 1 amide bonds. The summed E-state index contributed by atoms with van der Waals surface area (Å²) in [6.45, 7) is 4.20. The summed E-state index contributed by atoms with van der Waals surface area (Å²) in [6.07, 6.45) is 2.88. The van der Waals surface area contributed by atoms with Gasteiger partial charge in [0.2, 0.25) is 15.9 Å². The van der Waals surface area contributed by atoms with Crippen molar-refractivity contribution >= 4 is 27.3 Å². The van der Waals surface area contributed by atoms with Gasteiger partial charge in [0.1, 0.15) is 0 Å². The Hall–Kier alpha value is -2.34. The van der Waals surface area contributed by atoms with Crippen LogP contribution in [0.15, 0.2) is 48.5 Å². The van der Waals surface area contributed by atoms with Gasteiger partial charge in [0.15, 0.2) is 0 Å². The van der Waals surface area contributed by atoms with E-state index in [9.17, 15) is 13.2 Å². The molecule has 140 valence electrons. The van der Waals surface area contributed by atoms with Gasteiger partial charge in [-0.3, -0.25) is 9.10 Å². The van der Waals surface area contributed by atoms with Gasteiger partial charge < -0.3 is 5.32 Å². The quantitative estimate of drug-likeness (QED) is 0.768. The van der Waals surface area contributed by atoms with Crippen LogP contribution in [0.5, 0.6) is 0 Å². The van der Waals surface area contributed by atoms with Gasteiger partial charge in [-0.1, -0.05) is 50.2 Å².